The molecule has 0 aromatic heterocycles. The average molecular weight is 306 g/mol. The molecule has 3 heteroatoms. The van der Waals surface area contributed by atoms with Crippen LogP contribution >= 0.6 is 11.6 Å². The highest BCUT2D eigenvalue weighted by molar-refractivity contribution is 6.30. The Balaban J connectivity index is 2.25. The van der Waals surface area contributed by atoms with E-state index in [-0.39, 0.29) is 11.9 Å². The van der Waals surface area contributed by atoms with Crippen molar-refractivity contribution < 1.29 is 4.39 Å². The summed E-state index contributed by atoms with van der Waals surface area (Å²) in [7, 11) is 0. The highest BCUT2D eigenvalue weighted by Gasteiger charge is 2.13. The Bertz CT molecular complexity index is 577. The van der Waals surface area contributed by atoms with E-state index in [0.29, 0.717) is 0 Å². The number of hydrogen-bond donors (Lipinski definition) is 1. The minimum atomic E-state index is -0.181. The molecule has 0 spiro atoms. The van der Waals surface area contributed by atoms with Gasteiger partial charge in [-0.1, -0.05) is 36.7 Å². The van der Waals surface area contributed by atoms with Crippen molar-refractivity contribution in [3.8, 4) is 0 Å². The molecule has 0 radical (unpaired) electrons. The van der Waals surface area contributed by atoms with Crippen LogP contribution in [0.1, 0.15) is 36.1 Å². The molecule has 0 aliphatic rings. The zero-order chi connectivity index (χ0) is 15.2. The van der Waals surface area contributed by atoms with Crippen molar-refractivity contribution in [3.05, 3.63) is 70.0 Å². The molecule has 1 nitrogen and oxygen atoms in total. The third kappa shape index (κ3) is 4.83. The maximum Gasteiger partial charge on any atom is 0.123 e. The van der Waals surface area contributed by atoms with Crippen molar-refractivity contribution >= 4 is 11.6 Å². The standard InChI is InChI=1S/C18H21ClFN/c1-3-7-21-18(11-14-5-4-6-16(19)10-14)15-8-13(2)9-17(20)12-15/h4-6,8-10,12,18,21H,3,7,11H2,1-2H3. The molecule has 0 fully saturated rings. The van der Waals surface area contributed by atoms with E-state index in [1.807, 2.05) is 31.2 Å². The first kappa shape index (κ1) is 16.0. The predicted octanol–water partition coefficient (Wildman–Crippen LogP) is 5.07. The lowest BCUT2D eigenvalue weighted by Crippen LogP contribution is -2.24. The van der Waals surface area contributed by atoms with E-state index < -0.39 is 0 Å². The molecule has 112 valence electrons. The smallest absolute Gasteiger partial charge is 0.123 e. The van der Waals surface area contributed by atoms with Crippen molar-refractivity contribution in [1.82, 2.24) is 5.32 Å². The Hall–Kier alpha value is -1.38. The first-order chi connectivity index (χ1) is 10.1. The number of halogens is 2. The van der Waals surface area contributed by atoms with Crippen molar-refractivity contribution in [2.45, 2.75) is 32.7 Å². The van der Waals surface area contributed by atoms with Gasteiger partial charge in [0.1, 0.15) is 5.82 Å². The zero-order valence-corrected chi connectivity index (χ0v) is 13.3. The van der Waals surface area contributed by atoms with Gasteiger partial charge in [0.05, 0.1) is 0 Å². The minimum Gasteiger partial charge on any atom is -0.310 e. The average Bonchev–Trinajstić information content (AvgIpc) is 2.42. The molecule has 0 aliphatic carbocycles. The van der Waals surface area contributed by atoms with E-state index in [4.69, 9.17) is 11.6 Å². The molecule has 0 bridgehead atoms. The van der Waals surface area contributed by atoms with Crippen molar-refractivity contribution in [1.29, 1.82) is 0 Å². The predicted molar refractivity (Wildman–Crippen MR) is 87.3 cm³/mol. The highest BCUT2D eigenvalue weighted by atomic mass is 35.5. The van der Waals surface area contributed by atoms with Crippen LogP contribution in [0.3, 0.4) is 0 Å². The van der Waals surface area contributed by atoms with Gasteiger partial charge >= 0.3 is 0 Å². The Labute approximate surface area is 131 Å². The van der Waals surface area contributed by atoms with Crippen LogP contribution in [0.4, 0.5) is 4.39 Å². The summed E-state index contributed by atoms with van der Waals surface area (Å²) >= 11 is 6.05. The second kappa shape index (κ2) is 7.58. The zero-order valence-electron chi connectivity index (χ0n) is 12.5. The first-order valence-corrected chi connectivity index (χ1v) is 7.71. The van der Waals surface area contributed by atoms with Gasteiger partial charge in [-0.2, -0.15) is 0 Å². The summed E-state index contributed by atoms with van der Waals surface area (Å²) in [5.41, 5.74) is 3.08. The normalized spacial score (nSPS) is 12.4. The van der Waals surface area contributed by atoms with Gasteiger partial charge in [0.25, 0.3) is 0 Å². The molecule has 0 aliphatic heterocycles. The topological polar surface area (TPSA) is 12.0 Å². The molecule has 0 amide bonds. The van der Waals surface area contributed by atoms with E-state index in [1.54, 1.807) is 12.1 Å². The second-order valence-electron chi connectivity index (χ2n) is 5.40. The van der Waals surface area contributed by atoms with Crippen molar-refractivity contribution in [2.75, 3.05) is 6.54 Å². The van der Waals surface area contributed by atoms with Crippen molar-refractivity contribution in [2.24, 2.45) is 0 Å². The van der Waals surface area contributed by atoms with Crippen LogP contribution < -0.4 is 5.32 Å². The van der Waals surface area contributed by atoms with Crippen LogP contribution in [-0.2, 0) is 6.42 Å². The number of hydrogen-bond acceptors (Lipinski definition) is 1. The van der Waals surface area contributed by atoms with Gasteiger partial charge in [-0.3, -0.25) is 0 Å². The number of rotatable bonds is 6. The lowest BCUT2D eigenvalue weighted by atomic mass is 9.97. The van der Waals surface area contributed by atoms with Gasteiger partial charge < -0.3 is 5.32 Å². The molecule has 2 aromatic rings. The third-order valence-corrected chi connectivity index (χ3v) is 3.67. The molecule has 1 N–H and O–H groups in total. The second-order valence-corrected chi connectivity index (χ2v) is 5.84. The molecule has 21 heavy (non-hydrogen) atoms. The third-order valence-electron chi connectivity index (χ3n) is 3.44. The van der Waals surface area contributed by atoms with Gasteiger partial charge in [-0.05, 0) is 67.3 Å². The molecule has 2 aromatic carbocycles. The lowest BCUT2D eigenvalue weighted by Gasteiger charge is -2.20. The number of nitrogens with one attached hydrogen (secondary N) is 1. The highest BCUT2D eigenvalue weighted by Crippen LogP contribution is 2.22. The first-order valence-electron chi connectivity index (χ1n) is 7.33. The molecule has 0 heterocycles. The molecule has 0 saturated heterocycles. The van der Waals surface area contributed by atoms with Crippen LogP contribution in [0.25, 0.3) is 0 Å². The summed E-state index contributed by atoms with van der Waals surface area (Å²) in [6, 6.07) is 13.1. The molecular formula is C18H21ClFN. The van der Waals surface area contributed by atoms with Crippen LogP contribution in [0, 0.1) is 12.7 Å². The summed E-state index contributed by atoms with van der Waals surface area (Å²) < 4.78 is 13.7. The maximum atomic E-state index is 13.7. The Morgan fingerprint density at radius 3 is 2.67 bits per heavy atom. The molecule has 1 atom stereocenters. The number of benzene rings is 2. The van der Waals surface area contributed by atoms with E-state index in [0.717, 1.165) is 41.1 Å². The van der Waals surface area contributed by atoms with Crippen LogP contribution in [0.15, 0.2) is 42.5 Å². The van der Waals surface area contributed by atoms with Gasteiger partial charge in [0, 0.05) is 11.1 Å². The molecule has 0 saturated carbocycles. The molecule has 2 rings (SSSR count). The summed E-state index contributed by atoms with van der Waals surface area (Å²) in [6.07, 6.45) is 1.84. The van der Waals surface area contributed by atoms with Crippen LogP contribution in [0.2, 0.25) is 5.02 Å². The van der Waals surface area contributed by atoms with Gasteiger partial charge in [0.2, 0.25) is 0 Å². The van der Waals surface area contributed by atoms with E-state index in [1.165, 1.54) is 0 Å². The van der Waals surface area contributed by atoms with Crippen LogP contribution in [-0.4, -0.2) is 6.54 Å². The fraction of sp³-hybridized carbons (Fsp3) is 0.333. The monoisotopic (exact) mass is 305 g/mol. The molecule has 1 unspecified atom stereocenters. The van der Waals surface area contributed by atoms with Crippen LogP contribution in [0.5, 0.6) is 0 Å². The fourth-order valence-electron chi connectivity index (χ4n) is 2.49. The maximum absolute atomic E-state index is 13.7. The minimum absolute atomic E-state index is 0.0952. The lowest BCUT2D eigenvalue weighted by molar-refractivity contribution is 0.524. The van der Waals surface area contributed by atoms with E-state index >= 15 is 0 Å². The Kier molecular flexibility index (Phi) is 5.77. The van der Waals surface area contributed by atoms with Gasteiger partial charge in [-0.15, -0.1) is 0 Å². The largest absolute Gasteiger partial charge is 0.310 e. The SMILES string of the molecule is CCCNC(Cc1cccc(Cl)c1)c1cc(C)cc(F)c1. The van der Waals surface area contributed by atoms with E-state index in [2.05, 4.69) is 18.3 Å². The molecular weight excluding hydrogens is 285 g/mol. The Morgan fingerprint density at radius 2 is 2.00 bits per heavy atom. The van der Waals surface area contributed by atoms with E-state index in [9.17, 15) is 4.39 Å². The summed E-state index contributed by atoms with van der Waals surface area (Å²) in [5, 5.41) is 4.23. The quantitative estimate of drug-likeness (QED) is 0.785. The van der Waals surface area contributed by atoms with Gasteiger partial charge in [-0.25, -0.2) is 4.39 Å². The summed E-state index contributed by atoms with van der Waals surface area (Å²) in [6.45, 7) is 4.95. The fourth-order valence-corrected chi connectivity index (χ4v) is 2.70. The Morgan fingerprint density at radius 1 is 1.19 bits per heavy atom. The van der Waals surface area contributed by atoms with Gasteiger partial charge in [0.15, 0.2) is 0 Å². The summed E-state index contributed by atoms with van der Waals surface area (Å²) in [5.74, 6) is -0.181. The summed E-state index contributed by atoms with van der Waals surface area (Å²) in [4.78, 5) is 0. The number of aryl methyl sites for hydroxylation is 1. The van der Waals surface area contributed by atoms with Crippen molar-refractivity contribution in [3.63, 3.8) is 0 Å².